The van der Waals surface area contributed by atoms with Crippen molar-refractivity contribution in [1.29, 1.82) is 0 Å². The zero-order valence-corrected chi connectivity index (χ0v) is 12.4. The highest BCUT2D eigenvalue weighted by molar-refractivity contribution is 5.75. The van der Waals surface area contributed by atoms with Crippen LogP contribution in [-0.2, 0) is 22.6 Å². The van der Waals surface area contributed by atoms with Gasteiger partial charge in [0, 0.05) is 12.5 Å². The van der Waals surface area contributed by atoms with Crippen LogP contribution < -0.4 is 10.5 Å². The molecular weight excluding hydrogens is 304 g/mol. The molecule has 2 aromatic rings. The minimum absolute atomic E-state index is 0.0261. The molecule has 1 unspecified atom stereocenters. The molecule has 0 saturated heterocycles. The van der Waals surface area contributed by atoms with Gasteiger partial charge >= 0.3 is 11.7 Å². The summed E-state index contributed by atoms with van der Waals surface area (Å²) in [5.74, 6) is 0.597. The van der Waals surface area contributed by atoms with E-state index in [9.17, 15) is 14.9 Å². The fourth-order valence-corrected chi connectivity index (χ4v) is 1.94. The molecule has 8 heteroatoms. The average molecular weight is 320 g/mol. The van der Waals surface area contributed by atoms with E-state index in [0.717, 1.165) is 0 Å². The van der Waals surface area contributed by atoms with Gasteiger partial charge in [-0.3, -0.25) is 14.9 Å². The summed E-state index contributed by atoms with van der Waals surface area (Å²) in [6.07, 6.45) is 0.193. The fourth-order valence-electron chi connectivity index (χ4n) is 1.94. The molecule has 1 heterocycles. The van der Waals surface area contributed by atoms with E-state index < -0.39 is 16.9 Å². The topological polar surface area (TPSA) is 118 Å². The van der Waals surface area contributed by atoms with E-state index in [1.165, 1.54) is 19.2 Å². The van der Waals surface area contributed by atoms with Gasteiger partial charge < -0.3 is 19.6 Å². The highest BCUT2D eigenvalue weighted by Gasteiger charge is 2.17. The smallest absolute Gasteiger partial charge is 0.323 e. The Morgan fingerprint density at radius 3 is 2.70 bits per heavy atom. The van der Waals surface area contributed by atoms with Crippen LogP contribution in [0.3, 0.4) is 0 Å². The minimum atomic E-state index is -0.810. The normalized spacial score (nSPS) is 11.7. The second-order valence-corrected chi connectivity index (χ2v) is 4.72. The van der Waals surface area contributed by atoms with Gasteiger partial charge in [0.2, 0.25) is 0 Å². The Morgan fingerprint density at radius 1 is 1.30 bits per heavy atom. The number of rotatable bonds is 7. The molecule has 0 amide bonds. The lowest BCUT2D eigenvalue weighted by molar-refractivity contribution is -0.386. The van der Waals surface area contributed by atoms with E-state index in [0.29, 0.717) is 11.5 Å². The summed E-state index contributed by atoms with van der Waals surface area (Å²) in [5, 5.41) is 10.9. The van der Waals surface area contributed by atoms with Crippen molar-refractivity contribution in [2.45, 2.75) is 19.1 Å². The lowest BCUT2D eigenvalue weighted by Crippen LogP contribution is -2.33. The Hall–Kier alpha value is -2.87. The van der Waals surface area contributed by atoms with Gasteiger partial charge in [-0.15, -0.1) is 0 Å². The van der Waals surface area contributed by atoms with Gasteiger partial charge in [-0.25, -0.2) is 0 Å². The van der Waals surface area contributed by atoms with Crippen LogP contribution in [0.5, 0.6) is 5.75 Å². The van der Waals surface area contributed by atoms with E-state index in [-0.39, 0.29) is 24.5 Å². The predicted molar refractivity (Wildman–Crippen MR) is 79.8 cm³/mol. The second kappa shape index (κ2) is 7.41. The first kappa shape index (κ1) is 16.5. The van der Waals surface area contributed by atoms with Crippen molar-refractivity contribution in [3.05, 3.63) is 58.0 Å². The number of carbonyl (C=O) groups excluding carboxylic acids is 1. The first-order valence-corrected chi connectivity index (χ1v) is 6.78. The van der Waals surface area contributed by atoms with E-state index in [4.69, 9.17) is 14.9 Å². The minimum Gasteiger partial charge on any atom is -0.479 e. The van der Waals surface area contributed by atoms with Gasteiger partial charge in [0.25, 0.3) is 0 Å². The summed E-state index contributed by atoms with van der Waals surface area (Å²) in [6.45, 7) is 0.0261. The number of nitrogens with two attached hydrogens (primary N) is 1. The molecule has 2 N–H and O–H groups in total. The van der Waals surface area contributed by atoms with E-state index >= 15 is 0 Å². The molecule has 0 saturated carbocycles. The maximum atomic E-state index is 11.3. The average Bonchev–Trinajstić information content (AvgIpc) is 2.99. The number of hydrogen-bond donors (Lipinski definition) is 1. The van der Waals surface area contributed by atoms with Crippen LogP contribution in [0.1, 0.15) is 11.5 Å². The summed E-state index contributed by atoms with van der Waals surface area (Å²) in [4.78, 5) is 21.6. The third-order valence-corrected chi connectivity index (χ3v) is 3.07. The highest BCUT2D eigenvalue weighted by Crippen LogP contribution is 2.26. The zero-order valence-electron chi connectivity index (χ0n) is 12.4. The Balaban J connectivity index is 1.98. The second-order valence-electron chi connectivity index (χ2n) is 4.72. The number of benzene rings is 1. The first-order chi connectivity index (χ1) is 11.0. The molecule has 23 heavy (non-hydrogen) atoms. The number of esters is 1. The van der Waals surface area contributed by atoms with Gasteiger partial charge in [-0.05, 0) is 18.2 Å². The summed E-state index contributed by atoms with van der Waals surface area (Å²) in [5.41, 5.74) is 5.53. The number of ether oxygens (including phenoxy) is 2. The van der Waals surface area contributed by atoms with Crippen LogP contribution in [0, 0.1) is 10.1 Å². The van der Waals surface area contributed by atoms with Crippen LogP contribution >= 0.6 is 0 Å². The molecule has 0 spiro atoms. The summed E-state index contributed by atoms with van der Waals surface area (Å²) in [6, 6.07) is 8.59. The number of nitrogens with zero attached hydrogens (tertiary/aromatic N) is 1. The quantitative estimate of drug-likeness (QED) is 0.469. The number of nitro groups is 1. The number of hydrogen-bond acceptors (Lipinski definition) is 7. The molecule has 2 rings (SSSR count). The van der Waals surface area contributed by atoms with Crippen molar-refractivity contribution in [3.63, 3.8) is 0 Å². The number of para-hydroxylation sites is 2. The summed E-state index contributed by atoms with van der Waals surface area (Å²) in [7, 11) is 1.26. The first-order valence-electron chi connectivity index (χ1n) is 6.78. The molecule has 1 aromatic heterocycles. The van der Waals surface area contributed by atoms with Gasteiger partial charge in [0.1, 0.15) is 24.2 Å². The molecule has 0 radical (unpaired) electrons. The number of furan rings is 1. The van der Waals surface area contributed by atoms with E-state index in [2.05, 4.69) is 4.74 Å². The maximum absolute atomic E-state index is 11.3. The van der Waals surface area contributed by atoms with Crippen LogP contribution in [0.4, 0.5) is 5.69 Å². The molecule has 0 bridgehead atoms. The summed E-state index contributed by atoms with van der Waals surface area (Å²) >= 11 is 0. The highest BCUT2D eigenvalue weighted by atomic mass is 16.6. The van der Waals surface area contributed by atoms with E-state index in [1.807, 2.05) is 0 Å². The van der Waals surface area contributed by atoms with Crippen LogP contribution in [0.25, 0.3) is 0 Å². The Morgan fingerprint density at radius 2 is 2.00 bits per heavy atom. The zero-order chi connectivity index (χ0) is 16.8. The Kier molecular flexibility index (Phi) is 5.32. The molecule has 0 aliphatic heterocycles. The number of carbonyl (C=O) groups is 1. The van der Waals surface area contributed by atoms with Crippen molar-refractivity contribution < 1.29 is 23.6 Å². The maximum Gasteiger partial charge on any atom is 0.323 e. The Bertz CT molecular complexity index is 697. The molecule has 8 nitrogen and oxygen atoms in total. The largest absolute Gasteiger partial charge is 0.479 e. The lowest BCUT2D eigenvalue weighted by atomic mass is 10.2. The van der Waals surface area contributed by atoms with Crippen molar-refractivity contribution in [2.24, 2.45) is 5.73 Å². The van der Waals surface area contributed by atoms with Crippen molar-refractivity contribution >= 4 is 11.7 Å². The van der Waals surface area contributed by atoms with Gasteiger partial charge in [-0.2, -0.15) is 0 Å². The fraction of sp³-hybridized carbons (Fsp3) is 0.267. The van der Waals surface area contributed by atoms with E-state index in [1.54, 1.807) is 24.3 Å². The van der Waals surface area contributed by atoms with Gasteiger partial charge in [0.05, 0.1) is 12.0 Å². The molecule has 0 fully saturated rings. The number of methoxy groups -OCH3 is 1. The molecule has 1 aromatic carbocycles. The van der Waals surface area contributed by atoms with Gasteiger partial charge in [-0.1, -0.05) is 12.1 Å². The molecule has 0 aliphatic carbocycles. The molecule has 0 aliphatic rings. The van der Waals surface area contributed by atoms with Gasteiger partial charge in [0.15, 0.2) is 5.75 Å². The molecule has 1 atom stereocenters. The molecular formula is C15H16N2O6. The third kappa shape index (κ3) is 4.30. The van der Waals surface area contributed by atoms with Crippen LogP contribution in [0.15, 0.2) is 40.8 Å². The SMILES string of the molecule is COC(=O)C(N)Cc1ccc(COc2ccccc2[N+](=O)[O-])o1. The number of nitro benzene ring substituents is 1. The standard InChI is InChI=1S/C15H16N2O6/c1-21-15(18)12(16)8-10-6-7-11(23-10)9-22-14-5-3-2-4-13(14)17(19)20/h2-7,12H,8-9,16H2,1H3. The van der Waals surface area contributed by atoms with Crippen molar-refractivity contribution in [2.75, 3.05) is 7.11 Å². The monoisotopic (exact) mass is 320 g/mol. The van der Waals surface area contributed by atoms with Crippen molar-refractivity contribution in [3.8, 4) is 5.75 Å². The van der Waals surface area contributed by atoms with Crippen LogP contribution in [0.2, 0.25) is 0 Å². The molecule has 122 valence electrons. The van der Waals surface area contributed by atoms with Crippen molar-refractivity contribution in [1.82, 2.24) is 0 Å². The predicted octanol–water partition coefficient (Wildman–Crippen LogP) is 1.81. The summed E-state index contributed by atoms with van der Waals surface area (Å²) < 4.78 is 15.4. The van der Waals surface area contributed by atoms with Crippen LogP contribution in [-0.4, -0.2) is 24.0 Å². The lowest BCUT2D eigenvalue weighted by Gasteiger charge is -2.07. The third-order valence-electron chi connectivity index (χ3n) is 3.07. The Labute approximate surface area is 131 Å².